The van der Waals surface area contributed by atoms with E-state index in [1.807, 2.05) is 12.1 Å². The molecule has 1 rings (SSSR count). The van der Waals surface area contributed by atoms with Gasteiger partial charge in [0.1, 0.15) is 5.75 Å². The molecule has 1 heterocycles. The van der Waals surface area contributed by atoms with Crippen molar-refractivity contribution in [3.05, 3.63) is 24.0 Å². The number of methoxy groups -OCH3 is 2. The van der Waals surface area contributed by atoms with Crippen molar-refractivity contribution in [1.29, 1.82) is 0 Å². The third kappa shape index (κ3) is 3.72. The molecule has 0 aliphatic heterocycles. The highest BCUT2D eigenvalue weighted by Gasteiger charge is 1.94. The van der Waals surface area contributed by atoms with Crippen LogP contribution in [0.5, 0.6) is 5.75 Å². The molecule has 0 saturated heterocycles. The van der Waals surface area contributed by atoms with E-state index < -0.39 is 0 Å². The zero-order chi connectivity index (χ0) is 10.2. The summed E-state index contributed by atoms with van der Waals surface area (Å²) < 4.78 is 9.92. The first-order chi connectivity index (χ1) is 6.86. The maximum absolute atomic E-state index is 5.01. The number of nitrogens with one attached hydrogen (secondary N) is 1. The molecule has 0 saturated carbocycles. The maximum atomic E-state index is 5.01. The lowest BCUT2D eigenvalue weighted by Crippen LogP contribution is -2.19. The summed E-state index contributed by atoms with van der Waals surface area (Å²) >= 11 is 0. The van der Waals surface area contributed by atoms with E-state index in [2.05, 4.69) is 10.3 Å². The molecule has 0 aliphatic carbocycles. The summed E-state index contributed by atoms with van der Waals surface area (Å²) in [6.07, 6.45) is 1.72. The lowest BCUT2D eigenvalue weighted by molar-refractivity contribution is 0.199. The largest absolute Gasteiger partial charge is 0.495 e. The Balaban J connectivity index is 2.29. The van der Waals surface area contributed by atoms with Crippen LogP contribution in [0.3, 0.4) is 0 Å². The monoisotopic (exact) mass is 196 g/mol. The molecule has 0 atom stereocenters. The van der Waals surface area contributed by atoms with Crippen molar-refractivity contribution in [2.24, 2.45) is 0 Å². The number of nitrogens with zero attached hydrogens (tertiary/aromatic N) is 1. The number of hydrogen-bond donors (Lipinski definition) is 1. The highest BCUT2D eigenvalue weighted by atomic mass is 16.5. The van der Waals surface area contributed by atoms with Crippen LogP contribution in [0.1, 0.15) is 5.69 Å². The lowest BCUT2D eigenvalue weighted by Gasteiger charge is -2.04. The predicted molar refractivity (Wildman–Crippen MR) is 54.4 cm³/mol. The summed E-state index contributed by atoms with van der Waals surface area (Å²) in [6, 6.07) is 3.85. The highest BCUT2D eigenvalue weighted by molar-refractivity contribution is 5.19. The fourth-order valence-corrected chi connectivity index (χ4v) is 1.03. The van der Waals surface area contributed by atoms with Gasteiger partial charge in [0.25, 0.3) is 0 Å². The molecule has 14 heavy (non-hydrogen) atoms. The normalized spacial score (nSPS) is 10.1. The Bertz CT molecular complexity index is 249. The Morgan fingerprint density at radius 3 is 2.79 bits per heavy atom. The van der Waals surface area contributed by atoms with E-state index >= 15 is 0 Å². The van der Waals surface area contributed by atoms with Gasteiger partial charge in [0.05, 0.1) is 25.6 Å². The Hall–Kier alpha value is -1.13. The molecule has 0 unspecified atom stereocenters. The van der Waals surface area contributed by atoms with E-state index in [1.54, 1.807) is 20.4 Å². The van der Waals surface area contributed by atoms with Gasteiger partial charge in [-0.15, -0.1) is 0 Å². The molecule has 0 amide bonds. The molecule has 0 spiro atoms. The van der Waals surface area contributed by atoms with Crippen LogP contribution in [-0.2, 0) is 11.3 Å². The Morgan fingerprint density at radius 2 is 2.21 bits per heavy atom. The summed E-state index contributed by atoms with van der Waals surface area (Å²) in [5, 5.41) is 3.21. The fraction of sp³-hybridized carbons (Fsp3) is 0.500. The minimum Gasteiger partial charge on any atom is -0.495 e. The van der Waals surface area contributed by atoms with Crippen LogP contribution in [0.15, 0.2) is 18.3 Å². The first-order valence-corrected chi connectivity index (χ1v) is 4.55. The molecule has 0 aliphatic rings. The van der Waals surface area contributed by atoms with Crippen molar-refractivity contribution in [1.82, 2.24) is 10.3 Å². The topological polar surface area (TPSA) is 43.4 Å². The van der Waals surface area contributed by atoms with Gasteiger partial charge in [0, 0.05) is 20.2 Å². The summed E-state index contributed by atoms with van der Waals surface area (Å²) in [5.74, 6) is 0.783. The van der Waals surface area contributed by atoms with Crippen molar-refractivity contribution < 1.29 is 9.47 Å². The third-order valence-electron chi connectivity index (χ3n) is 1.82. The van der Waals surface area contributed by atoms with Gasteiger partial charge >= 0.3 is 0 Å². The molecular formula is C10H16N2O2. The molecule has 0 radical (unpaired) electrons. The van der Waals surface area contributed by atoms with E-state index in [-0.39, 0.29) is 0 Å². The first kappa shape index (κ1) is 10.9. The second kappa shape index (κ2) is 6.34. The van der Waals surface area contributed by atoms with Crippen molar-refractivity contribution in [3.8, 4) is 5.75 Å². The number of hydrogen-bond acceptors (Lipinski definition) is 4. The van der Waals surface area contributed by atoms with E-state index in [1.165, 1.54) is 0 Å². The molecule has 0 bridgehead atoms. The van der Waals surface area contributed by atoms with Gasteiger partial charge in [-0.2, -0.15) is 0 Å². The quantitative estimate of drug-likeness (QED) is 0.684. The van der Waals surface area contributed by atoms with E-state index in [9.17, 15) is 0 Å². The van der Waals surface area contributed by atoms with Gasteiger partial charge in [0.15, 0.2) is 0 Å². The standard InChI is InChI=1S/C10H16N2O2/c1-13-6-5-11-7-9-3-4-10(14-2)8-12-9/h3-4,8,11H,5-7H2,1-2H3. The van der Waals surface area contributed by atoms with Crippen LogP contribution in [0.4, 0.5) is 0 Å². The second-order valence-electron chi connectivity index (χ2n) is 2.86. The van der Waals surface area contributed by atoms with Gasteiger partial charge in [-0.1, -0.05) is 0 Å². The summed E-state index contributed by atoms with van der Waals surface area (Å²) in [5.41, 5.74) is 1.00. The average Bonchev–Trinajstić information content (AvgIpc) is 2.25. The average molecular weight is 196 g/mol. The first-order valence-electron chi connectivity index (χ1n) is 4.55. The van der Waals surface area contributed by atoms with E-state index in [0.717, 1.165) is 31.1 Å². The minimum absolute atomic E-state index is 0.718. The minimum atomic E-state index is 0.718. The van der Waals surface area contributed by atoms with Crippen molar-refractivity contribution >= 4 is 0 Å². The van der Waals surface area contributed by atoms with Crippen molar-refractivity contribution in [3.63, 3.8) is 0 Å². The second-order valence-corrected chi connectivity index (χ2v) is 2.86. The number of rotatable bonds is 6. The molecule has 4 nitrogen and oxygen atoms in total. The van der Waals surface area contributed by atoms with Crippen LogP contribution >= 0.6 is 0 Å². The van der Waals surface area contributed by atoms with Gasteiger partial charge < -0.3 is 14.8 Å². The van der Waals surface area contributed by atoms with E-state index in [4.69, 9.17) is 9.47 Å². The summed E-state index contributed by atoms with van der Waals surface area (Å²) in [4.78, 5) is 4.22. The van der Waals surface area contributed by atoms with Crippen molar-refractivity contribution in [2.45, 2.75) is 6.54 Å². The molecule has 78 valence electrons. The zero-order valence-corrected chi connectivity index (χ0v) is 8.62. The van der Waals surface area contributed by atoms with Crippen LogP contribution in [0.2, 0.25) is 0 Å². The fourth-order valence-electron chi connectivity index (χ4n) is 1.03. The Kier molecular flexibility index (Phi) is 4.96. The van der Waals surface area contributed by atoms with Gasteiger partial charge in [0.2, 0.25) is 0 Å². The predicted octanol–water partition coefficient (Wildman–Crippen LogP) is 0.826. The number of ether oxygens (including phenoxy) is 2. The van der Waals surface area contributed by atoms with Gasteiger partial charge in [-0.3, -0.25) is 4.98 Å². The van der Waals surface area contributed by atoms with Crippen LogP contribution < -0.4 is 10.1 Å². The molecule has 1 aromatic heterocycles. The molecule has 1 aromatic rings. The summed E-state index contributed by atoms with van der Waals surface area (Å²) in [7, 11) is 3.32. The molecule has 4 heteroatoms. The Morgan fingerprint density at radius 1 is 1.36 bits per heavy atom. The smallest absolute Gasteiger partial charge is 0.137 e. The number of pyridine rings is 1. The third-order valence-corrected chi connectivity index (χ3v) is 1.82. The molecular weight excluding hydrogens is 180 g/mol. The maximum Gasteiger partial charge on any atom is 0.137 e. The SMILES string of the molecule is COCCNCc1ccc(OC)cn1. The molecule has 0 fully saturated rings. The van der Waals surface area contributed by atoms with Gasteiger partial charge in [-0.25, -0.2) is 0 Å². The summed E-state index contributed by atoms with van der Waals surface area (Å²) in [6.45, 7) is 2.31. The molecule has 1 N–H and O–H groups in total. The lowest BCUT2D eigenvalue weighted by atomic mass is 10.3. The molecule has 0 aromatic carbocycles. The van der Waals surface area contributed by atoms with Crippen molar-refractivity contribution in [2.75, 3.05) is 27.4 Å². The van der Waals surface area contributed by atoms with Crippen LogP contribution in [0.25, 0.3) is 0 Å². The Labute approximate surface area is 84.3 Å². The van der Waals surface area contributed by atoms with E-state index in [0.29, 0.717) is 0 Å². The van der Waals surface area contributed by atoms with Gasteiger partial charge in [-0.05, 0) is 12.1 Å². The van der Waals surface area contributed by atoms with Crippen LogP contribution in [0, 0.1) is 0 Å². The van der Waals surface area contributed by atoms with Crippen LogP contribution in [-0.4, -0.2) is 32.4 Å². The highest BCUT2D eigenvalue weighted by Crippen LogP contribution is 2.07. The zero-order valence-electron chi connectivity index (χ0n) is 8.62. The number of aromatic nitrogens is 1.